The van der Waals surface area contributed by atoms with Crippen LogP contribution >= 0.6 is 0 Å². The lowest BCUT2D eigenvalue weighted by Crippen LogP contribution is -2.04. The minimum absolute atomic E-state index is 0.481. The molecule has 0 radical (unpaired) electrons. The van der Waals surface area contributed by atoms with Gasteiger partial charge in [-0.3, -0.25) is 4.79 Å². The molecular formula is C7H14N2O. The van der Waals surface area contributed by atoms with E-state index < -0.39 is 5.91 Å². The van der Waals surface area contributed by atoms with Crippen LogP contribution in [0.2, 0.25) is 0 Å². The largest absolute Gasteiger partial charge is 0.366 e. The Balaban J connectivity index is 0.000000162. The molecule has 0 saturated carbocycles. The maximum Gasteiger partial charge on any atom is 0.240 e. The predicted octanol–water partition coefficient (Wildman–Crippen LogP) is 0.0275. The zero-order valence-electron chi connectivity index (χ0n) is 6.10. The van der Waals surface area contributed by atoms with Crippen molar-refractivity contribution in [1.82, 2.24) is 5.32 Å². The lowest BCUT2D eigenvalue weighted by molar-refractivity contribution is -0.113. The average Bonchev–Trinajstić information content (AvgIpc) is 2.43. The number of carbonyl (C=O) groups excluding carboxylic acids is 1. The van der Waals surface area contributed by atoms with Gasteiger partial charge in [0.2, 0.25) is 5.91 Å². The quantitative estimate of drug-likeness (QED) is 0.507. The van der Waals surface area contributed by atoms with Gasteiger partial charge in [-0.05, 0) is 32.0 Å². The third-order valence-electron chi connectivity index (χ3n) is 1.16. The Morgan fingerprint density at radius 3 is 2.00 bits per heavy atom. The molecule has 3 heteroatoms. The molecule has 58 valence electrons. The van der Waals surface area contributed by atoms with Crippen LogP contribution in [0, 0.1) is 0 Å². The molecule has 1 fully saturated rings. The van der Waals surface area contributed by atoms with Crippen molar-refractivity contribution >= 4 is 5.91 Å². The van der Waals surface area contributed by atoms with Gasteiger partial charge < -0.3 is 11.1 Å². The maximum absolute atomic E-state index is 9.47. The Morgan fingerprint density at radius 1 is 1.50 bits per heavy atom. The number of nitrogens with two attached hydrogens (primary N) is 1. The van der Waals surface area contributed by atoms with E-state index in [-0.39, 0.29) is 0 Å². The van der Waals surface area contributed by atoms with E-state index in [1.165, 1.54) is 25.9 Å². The number of hydrogen-bond donors (Lipinski definition) is 2. The van der Waals surface area contributed by atoms with Crippen molar-refractivity contribution in [3.05, 3.63) is 12.7 Å². The Bertz CT molecular complexity index is 101. The van der Waals surface area contributed by atoms with E-state index >= 15 is 0 Å². The molecule has 0 aromatic rings. The van der Waals surface area contributed by atoms with Crippen molar-refractivity contribution in [2.24, 2.45) is 5.73 Å². The summed E-state index contributed by atoms with van der Waals surface area (Å²) in [7, 11) is 0. The molecule has 0 aromatic carbocycles. The molecule has 1 saturated heterocycles. The molecule has 1 rings (SSSR count). The highest BCUT2D eigenvalue weighted by Crippen LogP contribution is 1.90. The van der Waals surface area contributed by atoms with Crippen molar-refractivity contribution in [2.75, 3.05) is 13.1 Å². The average molecular weight is 142 g/mol. The topological polar surface area (TPSA) is 55.1 Å². The molecule has 0 spiro atoms. The molecule has 1 amide bonds. The van der Waals surface area contributed by atoms with E-state index in [0.29, 0.717) is 0 Å². The molecule has 3 nitrogen and oxygen atoms in total. The van der Waals surface area contributed by atoms with Crippen molar-refractivity contribution < 1.29 is 4.79 Å². The van der Waals surface area contributed by atoms with Crippen LogP contribution in [-0.4, -0.2) is 19.0 Å². The first-order valence-corrected chi connectivity index (χ1v) is 3.40. The molecule has 3 N–H and O–H groups in total. The van der Waals surface area contributed by atoms with Gasteiger partial charge >= 0.3 is 0 Å². The van der Waals surface area contributed by atoms with Crippen LogP contribution < -0.4 is 11.1 Å². The van der Waals surface area contributed by atoms with E-state index in [2.05, 4.69) is 17.6 Å². The normalized spacial score (nSPS) is 15.2. The number of carbonyl (C=O) groups is 1. The third kappa shape index (κ3) is 7.17. The van der Waals surface area contributed by atoms with E-state index in [0.717, 1.165) is 6.08 Å². The van der Waals surface area contributed by atoms with Crippen LogP contribution in [0.1, 0.15) is 12.8 Å². The second kappa shape index (κ2) is 6.29. The molecular weight excluding hydrogens is 128 g/mol. The highest BCUT2D eigenvalue weighted by atomic mass is 16.1. The molecule has 1 aliphatic heterocycles. The summed E-state index contributed by atoms with van der Waals surface area (Å²) in [6.07, 6.45) is 3.83. The fraction of sp³-hybridized carbons (Fsp3) is 0.571. The Kier molecular flexibility index (Phi) is 5.77. The first kappa shape index (κ1) is 9.17. The van der Waals surface area contributed by atoms with Crippen LogP contribution in [0.25, 0.3) is 0 Å². The molecule has 0 unspecified atom stereocenters. The summed E-state index contributed by atoms with van der Waals surface area (Å²) in [6.45, 7) is 5.59. The van der Waals surface area contributed by atoms with Crippen LogP contribution in [0.3, 0.4) is 0 Å². The van der Waals surface area contributed by atoms with Crippen LogP contribution in [0.4, 0.5) is 0 Å². The SMILES string of the molecule is C1CCNC1.C=CC(N)=O. The molecule has 1 heterocycles. The zero-order valence-corrected chi connectivity index (χ0v) is 6.10. The summed E-state index contributed by atoms with van der Waals surface area (Å²) < 4.78 is 0. The number of rotatable bonds is 1. The first-order valence-electron chi connectivity index (χ1n) is 3.40. The fourth-order valence-corrected chi connectivity index (χ4v) is 0.625. The van der Waals surface area contributed by atoms with E-state index in [4.69, 9.17) is 0 Å². The monoisotopic (exact) mass is 142 g/mol. The summed E-state index contributed by atoms with van der Waals surface area (Å²) in [6, 6.07) is 0. The Morgan fingerprint density at radius 2 is 1.90 bits per heavy atom. The van der Waals surface area contributed by atoms with Gasteiger partial charge in [-0.2, -0.15) is 0 Å². The number of nitrogens with one attached hydrogen (secondary N) is 1. The van der Waals surface area contributed by atoms with Gasteiger partial charge in [-0.15, -0.1) is 0 Å². The molecule has 0 bridgehead atoms. The molecule has 0 atom stereocenters. The van der Waals surface area contributed by atoms with Gasteiger partial charge in [-0.1, -0.05) is 6.58 Å². The first-order chi connectivity index (χ1) is 4.77. The van der Waals surface area contributed by atoms with E-state index in [1.807, 2.05) is 0 Å². The van der Waals surface area contributed by atoms with E-state index in [9.17, 15) is 4.79 Å². The lowest BCUT2D eigenvalue weighted by atomic mass is 10.4. The highest BCUT2D eigenvalue weighted by molar-refractivity contribution is 5.84. The van der Waals surface area contributed by atoms with Gasteiger partial charge in [-0.25, -0.2) is 0 Å². The Hall–Kier alpha value is -0.830. The molecule has 10 heavy (non-hydrogen) atoms. The molecule has 1 aliphatic rings. The minimum atomic E-state index is -0.481. The number of hydrogen-bond acceptors (Lipinski definition) is 2. The van der Waals surface area contributed by atoms with Gasteiger partial charge in [0.1, 0.15) is 0 Å². The maximum atomic E-state index is 9.47. The summed E-state index contributed by atoms with van der Waals surface area (Å²) in [5.74, 6) is -0.481. The highest BCUT2D eigenvalue weighted by Gasteiger charge is 1.93. The predicted molar refractivity (Wildman–Crippen MR) is 41.5 cm³/mol. The van der Waals surface area contributed by atoms with Crippen molar-refractivity contribution in [3.63, 3.8) is 0 Å². The number of amides is 1. The zero-order chi connectivity index (χ0) is 7.82. The van der Waals surface area contributed by atoms with Crippen molar-refractivity contribution in [2.45, 2.75) is 12.8 Å². The third-order valence-corrected chi connectivity index (χ3v) is 1.16. The van der Waals surface area contributed by atoms with Crippen molar-refractivity contribution in [3.8, 4) is 0 Å². The fourth-order valence-electron chi connectivity index (χ4n) is 0.625. The van der Waals surface area contributed by atoms with Gasteiger partial charge in [0.05, 0.1) is 0 Å². The molecule has 0 aliphatic carbocycles. The summed E-state index contributed by atoms with van der Waals surface area (Å²) in [4.78, 5) is 9.47. The minimum Gasteiger partial charge on any atom is -0.366 e. The Labute approximate surface area is 61.3 Å². The van der Waals surface area contributed by atoms with E-state index in [1.54, 1.807) is 0 Å². The number of primary amides is 1. The standard InChI is InChI=1S/C4H9N.C3H5NO/c1-2-4-5-3-1;1-2-3(4)5/h5H,1-4H2;2H,1H2,(H2,4,5). The second-order valence-corrected chi connectivity index (χ2v) is 2.06. The van der Waals surface area contributed by atoms with Crippen LogP contribution in [-0.2, 0) is 4.79 Å². The second-order valence-electron chi connectivity index (χ2n) is 2.06. The van der Waals surface area contributed by atoms with Gasteiger partial charge in [0, 0.05) is 0 Å². The van der Waals surface area contributed by atoms with Crippen LogP contribution in [0.5, 0.6) is 0 Å². The lowest BCUT2D eigenvalue weighted by Gasteiger charge is -1.76. The van der Waals surface area contributed by atoms with Crippen molar-refractivity contribution in [1.29, 1.82) is 0 Å². The van der Waals surface area contributed by atoms with Gasteiger partial charge in [0.15, 0.2) is 0 Å². The summed E-state index contributed by atoms with van der Waals surface area (Å²) >= 11 is 0. The smallest absolute Gasteiger partial charge is 0.240 e. The van der Waals surface area contributed by atoms with Gasteiger partial charge in [0.25, 0.3) is 0 Å². The molecule has 0 aromatic heterocycles. The summed E-state index contributed by atoms with van der Waals surface area (Å²) in [5, 5.41) is 3.22. The summed E-state index contributed by atoms with van der Waals surface area (Å²) in [5.41, 5.74) is 4.53. The van der Waals surface area contributed by atoms with Crippen LogP contribution in [0.15, 0.2) is 12.7 Å².